The Hall–Kier alpha value is -3.58. The maximum absolute atomic E-state index is 12.8. The molecular weight excluding hydrogens is 948 g/mol. The van der Waals surface area contributed by atoms with Crippen LogP contribution in [0.5, 0.6) is 0 Å². The average molecular weight is 1030 g/mol. The van der Waals surface area contributed by atoms with Crippen LogP contribution in [-0.2, 0) is 51.0 Å². The molecule has 0 amide bonds. The number of hydrogen-bond donors (Lipinski definition) is 5. The van der Waals surface area contributed by atoms with Gasteiger partial charge >= 0.3 is 33.3 Å². The number of rotatable bonds is 38. The number of aromatic nitrogens is 2. The molecule has 21 heteroatoms. The lowest BCUT2D eigenvalue weighted by Gasteiger charge is -2.21. The van der Waals surface area contributed by atoms with Gasteiger partial charge in [0.05, 0.1) is 25.4 Å². The van der Waals surface area contributed by atoms with Gasteiger partial charge in [0.15, 0.2) is 12.3 Å². The third kappa shape index (κ3) is 26.7. The summed E-state index contributed by atoms with van der Waals surface area (Å²) in [6.07, 6.45) is 31.0. The Labute approximate surface area is 413 Å². The largest absolute Gasteiger partial charge is 0.481 e. The molecule has 396 valence electrons. The van der Waals surface area contributed by atoms with Gasteiger partial charge < -0.3 is 44.7 Å². The Bertz CT molecular complexity index is 1990. The van der Waals surface area contributed by atoms with Crippen LogP contribution in [0.2, 0.25) is 0 Å². The predicted octanol–water partition coefficient (Wildman–Crippen LogP) is 8.79. The number of unbranched alkanes of at least 4 members (excludes halogenated alkanes) is 8. The van der Waals surface area contributed by atoms with Crippen molar-refractivity contribution in [2.45, 2.75) is 186 Å². The van der Waals surface area contributed by atoms with Crippen LogP contribution in [0, 0.1) is 5.92 Å². The van der Waals surface area contributed by atoms with E-state index in [0.717, 1.165) is 74.5 Å². The average Bonchev–Trinajstić information content (AvgIpc) is 3.99. The Morgan fingerprint density at radius 3 is 1.93 bits per heavy atom. The van der Waals surface area contributed by atoms with Gasteiger partial charge in [0.1, 0.15) is 30.7 Å². The van der Waals surface area contributed by atoms with Crippen molar-refractivity contribution in [3.8, 4) is 0 Å². The smallest absolute Gasteiger partial charge is 0.462 e. The first-order chi connectivity index (χ1) is 33.5. The number of anilines is 1. The van der Waals surface area contributed by atoms with E-state index >= 15 is 0 Å². The van der Waals surface area contributed by atoms with E-state index in [2.05, 4.69) is 72.6 Å². The molecule has 0 radical (unpaired) electrons. The van der Waals surface area contributed by atoms with E-state index in [0.29, 0.717) is 31.5 Å². The van der Waals surface area contributed by atoms with Gasteiger partial charge in [-0.2, -0.15) is 9.29 Å². The first-order valence-corrected chi connectivity index (χ1v) is 27.8. The van der Waals surface area contributed by atoms with Crippen molar-refractivity contribution in [1.29, 1.82) is 0 Å². The van der Waals surface area contributed by atoms with E-state index in [1.54, 1.807) is 0 Å². The summed E-state index contributed by atoms with van der Waals surface area (Å²) in [7, 11) is -10.9. The molecule has 0 aromatic carbocycles. The summed E-state index contributed by atoms with van der Waals surface area (Å²) in [6.45, 7) is 4.20. The van der Waals surface area contributed by atoms with Gasteiger partial charge in [-0.25, -0.2) is 13.9 Å². The lowest BCUT2D eigenvalue weighted by Crippen LogP contribution is -2.36. The number of epoxide rings is 1. The van der Waals surface area contributed by atoms with Crippen molar-refractivity contribution in [2.75, 3.05) is 25.6 Å². The quantitative estimate of drug-likeness (QED) is 0.0136. The Kier molecular flexibility index (Phi) is 29.5. The minimum atomic E-state index is -5.44. The highest BCUT2D eigenvalue weighted by Gasteiger charge is 2.46. The first kappa shape index (κ1) is 60.7. The second-order valence-electron chi connectivity index (χ2n) is 17.8. The minimum absolute atomic E-state index is 0.00318. The third-order valence-corrected chi connectivity index (χ3v) is 13.8. The van der Waals surface area contributed by atoms with Crippen LogP contribution in [0.25, 0.3) is 0 Å². The molecule has 0 saturated carbocycles. The normalized spacial score (nSPS) is 22.7. The molecule has 2 fully saturated rings. The lowest BCUT2D eigenvalue weighted by molar-refractivity contribution is -0.161. The van der Waals surface area contributed by atoms with Crippen LogP contribution in [0.4, 0.5) is 5.82 Å². The number of allylic oxidation sites excluding steroid dienone is 8. The summed E-state index contributed by atoms with van der Waals surface area (Å²) < 4.78 is 62.3. The Morgan fingerprint density at radius 1 is 0.743 bits per heavy atom. The van der Waals surface area contributed by atoms with Gasteiger partial charge in [-0.05, 0) is 63.4 Å². The Balaban J connectivity index is 1.41. The summed E-state index contributed by atoms with van der Waals surface area (Å²) in [5, 5.41) is 20.9. The van der Waals surface area contributed by atoms with E-state index in [9.17, 15) is 43.5 Å². The fraction of sp³-hybridized carbons (Fsp3) is 0.673. The maximum atomic E-state index is 12.8. The number of phosphoric acid groups is 2. The number of nitrogen functional groups attached to an aromatic ring is 1. The molecule has 70 heavy (non-hydrogen) atoms. The minimum Gasteiger partial charge on any atom is -0.462 e. The van der Waals surface area contributed by atoms with E-state index in [4.69, 9.17) is 33.7 Å². The van der Waals surface area contributed by atoms with Crippen LogP contribution < -0.4 is 11.4 Å². The monoisotopic (exact) mass is 1030 g/mol. The molecule has 4 unspecified atom stereocenters. The fourth-order valence-electron chi connectivity index (χ4n) is 7.27. The van der Waals surface area contributed by atoms with E-state index in [1.165, 1.54) is 38.2 Å². The van der Waals surface area contributed by atoms with Crippen LogP contribution in [-0.4, -0.2) is 97.9 Å². The number of esters is 2. The highest BCUT2D eigenvalue weighted by atomic mass is 31.3. The highest BCUT2D eigenvalue weighted by molar-refractivity contribution is 7.61. The molecule has 9 atom stereocenters. The third-order valence-electron chi connectivity index (χ3n) is 11.2. The van der Waals surface area contributed by atoms with Gasteiger partial charge in [0, 0.05) is 19.0 Å². The number of phosphoric ester groups is 2. The summed E-state index contributed by atoms with van der Waals surface area (Å²) in [5.74, 6) is -0.683. The molecule has 2 saturated heterocycles. The van der Waals surface area contributed by atoms with Gasteiger partial charge in [0.2, 0.25) is 0 Å². The van der Waals surface area contributed by atoms with Crippen LogP contribution in [0.3, 0.4) is 0 Å². The molecule has 0 bridgehead atoms. The van der Waals surface area contributed by atoms with E-state index in [1.807, 2.05) is 18.2 Å². The molecule has 6 N–H and O–H groups in total. The second kappa shape index (κ2) is 34.0. The summed E-state index contributed by atoms with van der Waals surface area (Å²) in [6, 6.07) is 1.24. The molecule has 0 spiro atoms. The number of carbonyl (C=O) groups is 2. The van der Waals surface area contributed by atoms with Crippen molar-refractivity contribution < 1.29 is 71.0 Å². The SMILES string of the molecule is CC/C=C\CC1OC1C/C=C\C/C=C\C/C=C\C/C=C\CCC(=O)OC[C@H](COP(=O)(O)OP(=O)(O)OC[C@H]1O[C@@H](n2ccc(N)nc2=O)[C@H](O)[C@@H]1O)OC(=O)CCCCCCCCCCCC(C)C. The molecule has 2 aliphatic rings. The van der Waals surface area contributed by atoms with Crippen molar-refractivity contribution in [2.24, 2.45) is 5.92 Å². The number of ether oxygens (including phenoxy) is 4. The van der Waals surface area contributed by atoms with Gasteiger partial charge in [-0.3, -0.25) is 23.2 Å². The second-order valence-corrected chi connectivity index (χ2v) is 20.8. The standard InChI is InChI=1S/C49H79N3O16P2/c1-4-5-23-29-40-41(66-40)30-25-20-16-12-8-6-7-9-13-17-21-26-31-44(53)62-35-39(65-45(54)32-27-22-18-14-10-11-15-19-24-28-38(2)3)36-63-69(58,59)68-70(60,61)64-37-42-46(55)47(56)48(67-42)52-34-33-43(50)51-49(52)57/h5,7-9,12,17,20-21,23,25,33-34,38-42,46-48,55-56H,4,6,10-11,13-16,18-19,22,24,26-32,35-37H2,1-3H3,(H,58,59)(H,60,61)(H2,50,51,57)/b9-7-,12-8-,21-17-,23-5-,25-20-/t39-,40?,41?,42-,46-,47-,48-/m1/s1. The van der Waals surface area contributed by atoms with Crippen LogP contribution in [0.1, 0.15) is 149 Å². The molecule has 19 nitrogen and oxygen atoms in total. The summed E-state index contributed by atoms with van der Waals surface area (Å²) in [4.78, 5) is 61.8. The summed E-state index contributed by atoms with van der Waals surface area (Å²) in [5.41, 5.74) is 4.58. The fourth-order valence-corrected chi connectivity index (χ4v) is 9.38. The molecule has 3 heterocycles. The zero-order valence-electron chi connectivity index (χ0n) is 41.2. The zero-order valence-corrected chi connectivity index (χ0v) is 42.9. The van der Waals surface area contributed by atoms with E-state index in [-0.39, 0.29) is 18.7 Å². The lowest BCUT2D eigenvalue weighted by atomic mass is 10.0. The van der Waals surface area contributed by atoms with Gasteiger partial charge in [-0.15, -0.1) is 0 Å². The molecular formula is C49H79N3O16P2. The predicted molar refractivity (Wildman–Crippen MR) is 265 cm³/mol. The number of hydrogen-bond acceptors (Lipinski definition) is 16. The van der Waals surface area contributed by atoms with Crippen molar-refractivity contribution in [1.82, 2.24) is 9.55 Å². The zero-order chi connectivity index (χ0) is 51.2. The number of aliphatic hydroxyl groups is 2. The van der Waals surface area contributed by atoms with E-state index < -0.39 is 83.7 Å². The molecule has 3 rings (SSSR count). The Morgan fingerprint density at radius 2 is 1.31 bits per heavy atom. The number of aliphatic hydroxyl groups excluding tert-OH is 2. The molecule has 0 aliphatic carbocycles. The summed E-state index contributed by atoms with van der Waals surface area (Å²) >= 11 is 0. The highest BCUT2D eigenvalue weighted by Crippen LogP contribution is 2.60. The maximum Gasteiger partial charge on any atom is 0.481 e. The number of carbonyl (C=O) groups excluding carboxylic acids is 2. The molecule has 1 aromatic rings. The first-order valence-electron chi connectivity index (χ1n) is 24.8. The van der Waals surface area contributed by atoms with Crippen molar-refractivity contribution in [3.05, 3.63) is 83.5 Å². The number of nitrogens with two attached hydrogens (primary N) is 1. The molecule has 2 aliphatic heterocycles. The van der Waals surface area contributed by atoms with Gasteiger partial charge in [-0.1, -0.05) is 139 Å². The van der Waals surface area contributed by atoms with Crippen molar-refractivity contribution >= 4 is 33.4 Å². The van der Waals surface area contributed by atoms with Crippen LogP contribution in [0.15, 0.2) is 77.8 Å². The van der Waals surface area contributed by atoms with Gasteiger partial charge in [0.25, 0.3) is 0 Å². The topological polar surface area (TPSA) is 278 Å². The van der Waals surface area contributed by atoms with Crippen LogP contribution >= 0.6 is 15.6 Å². The number of nitrogens with zero attached hydrogens (tertiary/aromatic N) is 2. The molecule has 1 aromatic heterocycles. The van der Waals surface area contributed by atoms with Crippen molar-refractivity contribution in [3.63, 3.8) is 0 Å².